The van der Waals surface area contributed by atoms with Crippen molar-refractivity contribution in [2.45, 2.75) is 38.6 Å². The molecule has 1 aliphatic heterocycles. The molecule has 0 bridgehead atoms. The van der Waals surface area contributed by atoms with Crippen LogP contribution >= 0.6 is 0 Å². The Morgan fingerprint density at radius 1 is 1.30 bits per heavy atom. The van der Waals surface area contributed by atoms with Crippen molar-refractivity contribution in [1.82, 2.24) is 0 Å². The second-order valence-electron chi connectivity index (χ2n) is 5.93. The van der Waals surface area contributed by atoms with Gasteiger partial charge in [-0.2, -0.15) is 0 Å². The van der Waals surface area contributed by atoms with Gasteiger partial charge < -0.3 is 15.0 Å². The predicted molar refractivity (Wildman–Crippen MR) is 86.9 cm³/mol. The predicted octanol–water partition coefficient (Wildman–Crippen LogP) is 1.39. The highest BCUT2D eigenvalue weighted by atomic mass is 16.6. The topological polar surface area (TPSA) is 85.9 Å². The van der Waals surface area contributed by atoms with E-state index in [4.69, 9.17) is 4.74 Å². The van der Waals surface area contributed by atoms with Gasteiger partial charge >= 0.3 is 0 Å². The highest BCUT2D eigenvalue weighted by Gasteiger charge is 2.26. The van der Waals surface area contributed by atoms with E-state index in [0.29, 0.717) is 11.4 Å². The maximum absolute atomic E-state index is 12.5. The van der Waals surface area contributed by atoms with Crippen LogP contribution in [0.4, 0.5) is 11.4 Å². The van der Waals surface area contributed by atoms with Crippen molar-refractivity contribution in [3.63, 3.8) is 0 Å². The first-order valence-electron chi connectivity index (χ1n) is 8.01. The zero-order chi connectivity index (χ0) is 16.8. The van der Waals surface area contributed by atoms with Gasteiger partial charge in [-0.3, -0.25) is 14.9 Å². The van der Waals surface area contributed by atoms with E-state index in [1.807, 2.05) is 6.92 Å². The number of non-ortho nitro benzene ring substituents is 1. The zero-order valence-corrected chi connectivity index (χ0v) is 13.6. The maximum atomic E-state index is 12.5. The summed E-state index contributed by atoms with van der Waals surface area (Å²) in [5.74, 6) is 0.280. The summed E-state index contributed by atoms with van der Waals surface area (Å²) in [7, 11) is 1.47. The van der Waals surface area contributed by atoms with Gasteiger partial charge in [0.1, 0.15) is 5.75 Å². The molecule has 0 spiro atoms. The molecule has 2 N–H and O–H groups in total. The Morgan fingerprint density at radius 3 is 2.52 bits per heavy atom. The number of nitro groups is 1. The third-order valence-corrected chi connectivity index (χ3v) is 4.40. The number of hydrogen-bond donors (Lipinski definition) is 2. The number of benzene rings is 1. The molecule has 23 heavy (non-hydrogen) atoms. The van der Waals surface area contributed by atoms with E-state index in [9.17, 15) is 14.9 Å². The van der Waals surface area contributed by atoms with Gasteiger partial charge in [0, 0.05) is 12.1 Å². The summed E-state index contributed by atoms with van der Waals surface area (Å²) in [5.41, 5.74) is 0.267. The first-order chi connectivity index (χ1) is 11.0. The molecule has 0 radical (unpaired) electrons. The Balaban J connectivity index is 2.11. The number of nitrogens with zero attached hydrogens (tertiary/aromatic N) is 1. The average Bonchev–Trinajstić information content (AvgIpc) is 2.83. The summed E-state index contributed by atoms with van der Waals surface area (Å²) in [6.07, 6.45) is 4.70. The van der Waals surface area contributed by atoms with Crippen LogP contribution in [-0.2, 0) is 4.79 Å². The lowest BCUT2D eigenvalue weighted by Gasteiger charge is -2.24. The van der Waals surface area contributed by atoms with Gasteiger partial charge in [-0.05, 0) is 38.7 Å². The largest absolute Gasteiger partial charge is 0.495 e. The van der Waals surface area contributed by atoms with Gasteiger partial charge in [-0.25, -0.2) is 0 Å². The smallest absolute Gasteiger partial charge is 0.282 e. The van der Waals surface area contributed by atoms with Crippen molar-refractivity contribution >= 4 is 17.3 Å². The van der Waals surface area contributed by atoms with Crippen molar-refractivity contribution < 1.29 is 19.4 Å². The van der Waals surface area contributed by atoms with Gasteiger partial charge in [0.15, 0.2) is 6.04 Å². The Labute approximate surface area is 135 Å². The van der Waals surface area contributed by atoms with Crippen LogP contribution in [-0.4, -0.2) is 37.1 Å². The van der Waals surface area contributed by atoms with Gasteiger partial charge in [0.05, 0.1) is 30.8 Å². The van der Waals surface area contributed by atoms with Crippen LogP contribution in [0.25, 0.3) is 0 Å². The van der Waals surface area contributed by atoms with E-state index in [1.54, 1.807) is 0 Å². The number of nitro benzene ring substituents is 1. The molecule has 7 heteroatoms. The van der Waals surface area contributed by atoms with Crippen LogP contribution in [0, 0.1) is 10.1 Å². The lowest BCUT2D eigenvalue weighted by atomic mass is 10.2. The number of rotatable bonds is 5. The Morgan fingerprint density at radius 2 is 1.96 bits per heavy atom. The number of anilines is 1. The summed E-state index contributed by atoms with van der Waals surface area (Å²) in [4.78, 5) is 24.2. The molecule has 126 valence electrons. The minimum Gasteiger partial charge on any atom is -0.495 e. The summed E-state index contributed by atoms with van der Waals surface area (Å²) in [6, 6.07) is 3.99. The number of methoxy groups -OCH3 is 1. The Kier molecular flexibility index (Phi) is 5.92. The fourth-order valence-electron chi connectivity index (χ4n) is 2.95. The van der Waals surface area contributed by atoms with E-state index in [1.165, 1.54) is 43.1 Å². The van der Waals surface area contributed by atoms with E-state index in [0.717, 1.165) is 25.9 Å². The molecule has 0 saturated carbocycles. The van der Waals surface area contributed by atoms with Crippen molar-refractivity contribution in [2.75, 3.05) is 25.5 Å². The summed E-state index contributed by atoms with van der Waals surface area (Å²) < 4.78 is 5.18. The van der Waals surface area contributed by atoms with Gasteiger partial charge in [-0.15, -0.1) is 0 Å². The average molecular weight is 322 g/mol. The lowest BCUT2D eigenvalue weighted by Crippen LogP contribution is -3.16. The molecule has 1 amide bonds. The molecule has 1 aromatic carbocycles. The van der Waals surface area contributed by atoms with E-state index >= 15 is 0 Å². The van der Waals surface area contributed by atoms with Crippen LogP contribution in [0.15, 0.2) is 18.2 Å². The van der Waals surface area contributed by atoms with Crippen molar-refractivity contribution in [2.24, 2.45) is 0 Å². The van der Waals surface area contributed by atoms with Gasteiger partial charge in [-0.1, -0.05) is 0 Å². The number of likely N-dealkylation sites (tertiary alicyclic amines) is 1. The maximum Gasteiger partial charge on any atom is 0.282 e. The zero-order valence-electron chi connectivity index (χ0n) is 13.6. The minimum atomic E-state index is -0.488. The molecule has 0 aromatic heterocycles. The third-order valence-electron chi connectivity index (χ3n) is 4.40. The fraction of sp³-hybridized carbons (Fsp3) is 0.562. The molecule has 1 fully saturated rings. The van der Waals surface area contributed by atoms with Gasteiger partial charge in [0.2, 0.25) is 0 Å². The fourth-order valence-corrected chi connectivity index (χ4v) is 2.95. The SMILES string of the molecule is COc1ccc([N+](=O)[O-])cc1NC(=O)[C@H](C)[NH+]1CCCCCC1. The molecule has 7 nitrogen and oxygen atoms in total. The highest BCUT2D eigenvalue weighted by Crippen LogP contribution is 2.28. The Bertz CT molecular complexity index is 568. The second-order valence-corrected chi connectivity index (χ2v) is 5.93. The second kappa shape index (κ2) is 7.92. The number of carbonyl (C=O) groups is 1. The summed E-state index contributed by atoms with van der Waals surface area (Å²) in [6.45, 7) is 3.88. The Hall–Kier alpha value is -2.15. The van der Waals surface area contributed by atoms with Crippen LogP contribution in [0.5, 0.6) is 5.75 Å². The molecular formula is C16H24N3O4+. The van der Waals surface area contributed by atoms with E-state index in [-0.39, 0.29) is 17.6 Å². The molecule has 1 atom stereocenters. The quantitative estimate of drug-likeness (QED) is 0.633. The standard InChI is InChI=1S/C16H23N3O4/c1-12(18-9-5-3-4-6-10-18)16(20)17-14-11-13(19(21)22)7-8-15(14)23-2/h7-8,11-12H,3-6,9-10H2,1-2H3,(H,17,20)/p+1/t12-/m0/s1. The normalized spacial score (nSPS) is 17.1. The number of nitrogens with one attached hydrogen (secondary N) is 2. The summed E-state index contributed by atoms with van der Waals surface area (Å²) >= 11 is 0. The van der Waals surface area contributed by atoms with Crippen molar-refractivity contribution in [3.05, 3.63) is 28.3 Å². The first kappa shape index (κ1) is 17.2. The van der Waals surface area contributed by atoms with Crippen LogP contribution in [0.1, 0.15) is 32.6 Å². The molecule has 1 aliphatic rings. The molecule has 1 saturated heterocycles. The van der Waals surface area contributed by atoms with E-state index in [2.05, 4.69) is 5.32 Å². The first-order valence-corrected chi connectivity index (χ1v) is 8.01. The lowest BCUT2D eigenvalue weighted by molar-refractivity contribution is -0.913. The van der Waals surface area contributed by atoms with Gasteiger partial charge in [0.25, 0.3) is 11.6 Å². The molecule has 0 aliphatic carbocycles. The molecule has 1 aromatic rings. The molecule has 0 unspecified atom stereocenters. The number of amides is 1. The van der Waals surface area contributed by atoms with Crippen LogP contribution < -0.4 is 15.0 Å². The van der Waals surface area contributed by atoms with Crippen LogP contribution in [0.2, 0.25) is 0 Å². The van der Waals surface area contributed by atoms with Crippen molar-refractivity contribution in [1.29, 1.82) is 0 Å². The summed E-state index contributed by atoms with van der Waals surface area (Å²) in [5, 5.41) is 13.7. The monoisotopic (exact) mass is 322 g/mol. The molecule has 1 heterocycles. The van der Waals surface area contributed by atoms with Crippen LogP contribution in [0.3, 0.4) is 0 Å². The number of carbonyl (C=O) groups excluding carboxylic acids is 1. The molecular weight excluding hydrogens is 298 g/mol. The number of quaternary nitrogens is 1. The molecule has 2 rings (SSSR count). The third kappa shape index (κ3) is 4.41. The van der Waals surface area contributed by atoms with Crippen molar-refractivity contribution in [3.8, 4) is 5.75 Å². The minimum absolute atomic E-state index is 0.0733. The number of ether oxygens (including phenoxy) is 1. The number of hydrogen-bond acceptors (Lipinski definition) is 4. The van der Waals surface area contributed by atoms with E-state index < -0.39 is 4.92 Å². The highest BCUT2D eigenvalue weighted by molar-refractivity contribution is 5.95.